The highest BCUT2D eigenvalue weighted by Gasteiger charge is 2.31. The second kappa shape index (κ2) is 10.4. The van der Waals surface area contributed by atoms with Crippen molar-refractivity contribution in [2.45, 2.75) is 56.0 Å². The molecule has 0 radical (unpaired) electrons. The molecule has 3 aromatic rings. The van der Waals surface area contributed by atoms with Gasteiger partial charge in [-0.2, -0.15) is 4.31 Å². The summed E-state index contributed by atoms with van der Waals surface area (Å²) >= 11 is 5.93. The summed E-state index contributed by atoms with van der Waals surface area (Å²) in [5.41, 5.74) is 0.937. The van der Waals surface area contributed by atoms with Crippen molar-refractivity contribution in [2.75, 3.05) is 31.5 Å². The number of halogens is 1. The van der Waals surface area contributed by atoms with Crippen molar-refractivity contribution >= 4 is 38.3 Å². The van der Waals surface area contributed by atoms with Gasteiger partial charge in [-0.15, -0.1) is 0 Å². The summed E-state index contributed by atoms with van der Waals surface area (Å²) in [5.74, 6) is 1.68. The molecule has 0 bridgehead atoms. The number of hydrogen-bond donors (Lipinski definition) is 1. The number of para-hydroxylation sites is 1. The minimum absolute atomic E-state index is 0.0214. The fraction of sp³-hybridized carbons (Fsp3) is 0.462. The minimum Gasteiger partial charge on any atom is -0.367 e. The van der Waals surface area contributed by atoms with Crippen molar-refractivity contribution in [1.82, 2.24) is 19.2 Å². The first-order chi connectivity index (χ1) is 16.9. The Morgan fingerprint density at radius 2 is 1.63 bits per heavy atom. The van der Waals surface area contributed by atoms with Crippen LogP contribution in [0.1, 0.15) is 50.9 Å². The van der Waals surface area contributed by atoms with Gasteiger partial charge in [-0.05, 0) is 56.2 Å². The lowest BCUT2D eigenvalue weighted by molar-refractivity contribution is 0.141. The largest absolute Gasteiger partial charge is 0.367 e. The summed E-state index contributed by atoms with van der Waals surface area (Å²) in [6.45, 7) is 4.20. The first-order valence-corrected chi connectivity index (χ1v) is 14.3. The number of anilines is 1. The number of nitrogens with one attached hydrogen (secondary N) is 1. The van der Waals surface area contributed by atoms with Crippen molar-refractivity contribution in [1.29, 1.82) is 0 Å². The average Bonchev–Trinajstić information content (AvgIpc) is 2.89. The van der Waals surface area contributed by atoms with Crippen LogP contribution in [-0.4, -0.2) is 59.8 Å². The molecule has 1 N–H and O–H groups in total. The zero-order valence-electron chi connectivity index (χ0n) is 20.0. The van der Waals surface area contributed by atoms with Crippen LogP contribution < -0.4 is 5.32 Å². The molecule has 2 aliphatic rings. The van der Waals surface area contributed by atoms with Crippen molar-refractivity contribution in [3.63, 3.8) is 0 Å². The summed E-state index contributed by atoms with van der Waals surface area (Å²) in [7, 11) is -3.54. The van der Waals surface area contributed by atoms with E-state index in [1.807, 2.05) is 18.2 Å². The van der Waals surface area contributed by atoms with Crippen LogP contribution in [0.5, 0.6) is 0 Å². The molecule has 35 heavy (non-hydrogen) atoms. The molecule has 0 amide bonds. The third kappa shape index (κ3) is 5.31. The van der Waals surface area contributed by atoms with E-state index in [2.05, 4.69) is 23.2 Å². The predicted molar refractivity (Wildman–Crippen MR) is 140 cm³/mol. The maximum absolute atomic E-state index is 13.1. The number of piperazine rings is 1. The molecule has 1 atom stereocenters. The lowest BCUT2D eigenvalue weighted by Gasteiger charge is -2.37. The topological polar surface area (TPSA) is 78.4 Å². The number of nitrogens with zero attached hydrogens (tertiary/aromatic N) is 4. The maximum Gasteiger partial charge on any atom is 0.243 e. The predicted octanol–water partition coefficient (Wildman–Crippen LogP) is 5.10. The van der Waals surface area contributed by atoms with Crippen molar-refractivity contribution in [3.8, 4) is 0 Å². The van der Waals surface area contributed by atoms with E-state index in [0.29, 0.717) is 37.2 Å². The second-order valence-corrected chi connectivity index (χ2v) is 11.9. The van der Waals surface area contributed by atoms with Gasteiger partial charge in [-0.1, -0.05) is 43.0 Å². The second-order valence-electron chi connectivity index (χ2n) is 9.50. The minimum atomic E-state index is -3.54. The molecule has 2 heterocycles. The summed E-state index contributed by atoms with van der Waals surface area (Å²) in [4.78, 5) is 12.4. The van der Waals surface area contributed by atoms with E-state index in [1.165, 1.54) is 32.1 Å². The number of aromatic nitrogens is 2. The Morgan fingerprint density at radius 3 is 2.34 bits per heavy atom. The van der Waals surface area contributed by atoms with Gasteiger partial charge in [0.25, 0.3) is 0 Å². The van der Waals surface area contributed by atoms with Crippen molar-refractivity contribution in [3.05, 3.63) is 59.4 Å². The van der Waals surface area contributed by atoms with Gasteiger partial charge in [0, 0.05) is 42.6 Å². The lowest BCUT2D eigenvalue weighted by atomic mass is 9.95. The smallest absolute Gasteiger partial charge is 0.243 e. The van der Waals surface area contributed by atoms with Crippen LogP contribution in [0.2, 0.25) is 5.02 Å². The average molecular weight is 514 g/mol. The number of hydrogen-bond acceptors (Lipinski definition) is 6. The molecule has 9 heteroatoms. The highest BCUT2D eigenvalue weighted by Crippen LogP contribution is 2.29. The highest BCUT2D eigenvalue weighted by molar-refractivity contribution is 7.89. The molecule has 186 valence electrons. The molecular formula is C26H32ClN5O2S. The molecule has 1 saturated carbocycles. The molecule has 2 aromatic carbocycles. The van der Waals surface area contributed by atoms with Crippen LogP contribution in [0.15, 0.2) is 53.4 Å². The highest BCUT2D eigenvalue weighted by atomic mass is 35.5. The molecule has 7 nitrogen and oxygen atoms in total. The van der Waals surface area contributed by atoms with Crippen molar-refractivity contribution < 1.29 is 8.42 Å². The summed E-state index contributed by atoms with van der Waals surface area (Å²) in [6, 6.07) is 14.9. The Bertz CT molecular complexity index is 1270. The SMILES string of the molecule is C[C@@H](c1nc(NC2CCCCC2)c2ccccc2n1)N1CCN(S(=O)(=O)c2ccc(Cl)cc2)CC1. The van der Waals surface area contributed by atoms with Gasteiger partial charge in [-0.3, -0.25) is 4.90 Å². The van der Waals surface area contributed by atoms with E-state index in [4.69, 9.17) is 21.6 Å². The van der Waals surface area contributed by atoms with Crippen LogP contribution in [0, 0.1) is 0 Å². The Balaban J connectivity index is 1.32. The van der Waals surface area contributed by atoms with Crippen molar-refractivity contribution in [2.24, 2.45) is 0 Å². The Morgan fingerprint density at radius 1 is 0.943 bits per heavy atom. The van der Waals surface area contributed by atoms with Gasteiger partial charge in [-0.25, -0.2) is 18.4 Å². The molecule has 0 unspecified atom stereocenters. The molecule has 0 spiro atoms. The quantitative estimate of drug-likeness (QED) is 0.494. The molecule has 5 rings (SSSR count). The standard InChI is InChI=1S/C26H32ClN5O2S/c1-19(31-15-17-32(18-16-31)35(33,34)22-13-11-20(27)12-14-22)25-29-24-10-6-5-9-23(24)26(30-25)28-21-7-3-2-4-8-21/h5-6,9-14,19,21H,2-4,7-8,15-18H2,1H3,(H,28,29,30)/t19-/m0/s1. The Kier molecular flexibility index (Phi) is 7.25. The monoisotopic (exact) mass is 513 g/mol. The fourth-order valence-electron chi connectivity index (χ4n) is 5.08. The Hall–Kier alpha value is -2.26. The van der Waals surface area contributed by atoms with Gasteiger partial charge in [0.1, 0.15) is 11.6 Å². The van der Waals surface area contributed by atoms with Crippen LogP contribution in [-0.2, 0) is 10.0 Å². The van der Waals surface area contributed by atoms with Crippen LogP contribution >= 0.6 is 11.6 Å². The fourth-order valence-corrected chi connectivity index (χ4v) is 6.63. The number of benzene rings is 2. The molecule has 1 aliphatic carbocycles. The number of sulfonamides is 1. The van der Waals surface area contributed by atoms with Crippen LogP contribution in [0.25, 0.3) is 10.9 Å². The van der Waals surface area contributed by atoms with E-state index in [0.717, 1.165) is 22.5 Å². The Labute approximate surface area is 212 Å². The lowest BCUT2D eigenvalue weighted by Crippen LogP contribution is -2.49. The number of fused-ring (bicyclic) bond motifs is 1. The van der Waals surface area contributed by atoms with E-state index in [-0.39, 0.29) is 10.9 Å². The van der Waals surface area contributed by atoms with E-state index in [1.54, 1.807) is 28.6 Å². The molecule has 1 saturated heterocycles. The third-order valence-corrected chi connectivity index (χ3v) is 9.38. The van der Waals surface area contributed by atoms with E-state index < -0.39 is 10.0 Å². The van der Waals surface area contributed by atoms with Gasteiger partial charge in [0.15, 0.2) is 0 Å². The van der Waals surface area contributed by atoms with Gasteiger partial charge in [0.2, 0.25) is 10.0 Å². The molecule has 2 fully saturated rings. The number of rotatable bonds is 6. The van der Waals surface area contributed by atoms with E-state index >= 15 is 0 Å². The summed E-state index contributed by atoms with van der Waals surface area (Å²) < 4.78 is 27.7. The molecule has 1 aromatic heterocycles. The molecule has 1 aliphatic heterocycles. The van der Waals surface area contributed by atoms with Gasteiger partial charge < -0.3 is 5.32 Å². The first kappa shape index (κ1) is 24.4. The normalized spacial score (nSPS) is 19.6. The van der Waals surface area contributed by atoms with Gasteiger partial charge >= 0.3 is 0 Å². The van der Waals surface area contributed by atoms with Gasteiger partial charge in [0.05, 0.1) is 16.5 Å². The maximum atomic E-state index is 13.1. The van der Waals surface area contributed by atoms with E-state index in [9.17, 15) is 8.42 Å². The molecular weight excluding hydrogens is 482 g/mol. The van der Waals surface area contributed by atoms with Crippen LogP contribution in [0.3, 0.4) is 0 Å². The summed E-state index contributed by atoms with van der Waals surface area (Å²) in [6.07, 6.45) is 6.17. The summed E-state index contributed by atoms with van der Waals surface area (Å²) in [5, 5.41) is 5.28. The first-order valence-electron chi connectivity index (χ1n) is 12.4. The zero-order chi connectivity index (χ0) is 24.4. The zero-order valence-corrected chi connectivity index (χ0v) is 21.6. The third-order valence-electron chi connectivity index (χ3n) is 7.21. The van der Waals surface area contributed by atoms with Crippen LogP contribution in [0.4, 0.5) is 5.82 Å².